The zero-order valence-corrected chi connectivity index (χ0v) is 49.6. The van der Waals surface area contributed by atoms with Crippen molar-refractivity contribution in [3.8, 4) is 11.8 Å². The van der Waals surface area contributed by atoms with Crippen LogP contribution >= 0.6 is 0 Å². The van der Waals surface area contributed by atoms with Crippen LogP contribution in [-0.4, -0.2) is 102 Å². The van der Waals surface area contributed by atoms with Crippen molar-refractivity contribution < 1.29 is 48.2 Å². The number of rotatable bonds is 24. The van der Waals surface area contributed by atoms with Crippen LogP contribution in [0.25, 0.3) is 0 Å². The monoisotopic (exact) mass is 1120 g/mol. The molecule has 1 aliphatic rings. The summed E-state index contributed by atoms with van der Waals surface area (Å²) < 4.78 is 5.53. The molecular formula is C64H82N8O10. The van der Waals surface area contributed by atoms with E-state index in [1.54, 1.807) is 81.4 Å². The zero-order chi connectivity index (χ0) is 60.6. The number of para-hydroxylation sites is 1. The van der Waals surface area contributed by atoms with Crippen LogP contribution in [-0.2, 0) is 56.9 Å². The molecule has 1 aliphatic heterocycles. The van der Waals surface area contributed by atoms with Crippen molar-refractivity contribution >= 4 is 64.6 Å². The summed E-state index contributed by atoms with van der Waals surface area (Å²) in [6.07, 6.45) is 2.03. The third-order valence-corrected chi connectivity index (χ3v) is 14.6. The van der Waals surface area contributed by atoms with Gasteiger partial charge in [-0.15, -0.1) is 0 Å². The number of nitrogens with one attached hydrogen (secondary N) is 6. The minimum Gasteiger partial charge on any atom is -0.478 e. The molecule has 0 spiro atoms. The first-order chi connectivity index (χ1) is 38.6. The summed E-state index contributed by atoms with van der Waals surface area (Å²) in [7, 11) is 3.26. The Balaban J connectivity index is 1.08. The predicted molar refractivity (Wildman–Crippen MR) is 318 cm³/mol. The number of fused-ring (bicyclic) bond motifs is 2. The molecule has 0 saturated carbocycles. The summed E-state index contributed by atoms with van der Waals surface area (Å²) in [6.45, 7) is 20.0. The van der Waals surface area contributed by atoms with Gasteiger partial charge < -0.3 is 46.2 Å². The number of hydrogen-bond acceptors (Lipinski definition) is 10. The lowest BCUT2D eigenvalue weighted by Crippen LogP contribution is -2.61. The Kier molecular flexibility index (Phi) is 22.7. The van der Waals surface area contributed by atoms with Crippen molar-refractivity contribution in [2.24, 2.45) is 17.3 Å². The van der Waals surface area contributed by atoms with E-state index < -0.39 is 70.8 Å². The summed E-state index contributed by atoms with van der Waals surface area (Å²) in [5.41, 5.74) is 4.01. The van der Waals surface area contributed by atoms with Gasteiger partial charge in [-0.2, -0.15) is 0 Å². The van der Waals surface area contributed by atoms with Crippen molar-refractivity contribution in [1.29, 1.82) is 0 Å². The number of carbonyl (C=O) groups excluding carboxylic acids is 7. The molecule has 0 saturated heterocycles. The number of carboxylic acids is 1. The first kappa shape index (κ1) is 64.5. The molecule has 1 heterocycles. The van der Waals surface area contributed by atoms with E-state index in [1.807, 2.05) is 103 Å². The Morgan fingerprint density at radius 3 is 1.98 bits per heavy atom. The van der Waals surface area contributed by atoms with Crippen molar-refractivity contribution in [1.82, 2.24) is 26.2 Å². The Morgan fingerprint density at radius 1 is 0.707 bits per heavy atom. The molecule has 438 valence electrons. The number of hydrogen-bond donors (Lipinski definition) is 7. The van der Waals surface area contributed by atoms with Crippen LogP contribution in [0, 0.1) is 29.1 Å². The predicted octanol–water partition coefficient (Wildman–Crippen LogP) is 8.44. The molecule has 0 unspecified atom stereocenters. The molecular weight excluding hydrogens is 1040 g/mol. The highest BCUT2D eigenvalue weighted by atomic mass is 16.5. The largest absolute Gasteiger partial charge is 0.478 e. The zero-order valence-electron chi connectivity index (χ0n) is 49.6. The standard InChI is InChI=1S/C64H82N8O10/c1-39(2)51(35-41(5)61(79)80)71(13)60(78)56(63(7,8)9)70-59(77)55(65-12)64(10,11)47-24-20-25-49(36-47)68-62(81)82-38-43-29-33-48(34-30-43)67-57(75)42(6)66-58(76)54(40(3)4)69-52(73)27-18-19-28-53(74)72-37-46-23-15-14-21-44(46)31-32-45-22-16-17-26-50(45)72/h14-17,20-26,29-30,33-36,39-40,42,51,54-56,65H,18-19,27-28,37-38H2,1-13H3,(H,66,76)(H,67,75)(H,68,81)(H,69,73)(H,70,77)(H,79,80)/b41-35+/t42-,51+,54-,55+,56+/m0/s1. The number of likely N-dealkylation sites (N-methyl/N-ethyl adjacent to an activating group) is 2. The number of benzene rings is 4. The summed E-state index contributed by atoms with van der Waals surface area (Å²) in [5.74, 6) is 2.71. The smallest absolute Gasteiger partial charge is 0.411 e. The van der Waals surface area contributed by atoms with Gasteiger partial charge in [-0.1, -0.05) is 135 Å². The SMILES string of the molecule is CN[C@H](C(=O)N[C@H](C(=O)N(C)[C@H](/C=C(\C)C(=O)O)C(C)C)C(C)(C)C)C(C)(C)c1cccc(NC(=O)OCc2ccc(NC(=O)[C@H](C)NC(=O)[C@@H](NC(=O)CCCCC(=O)N3Cc4ccccc4C#Cc4ccccc43)C(C)C)cc2)c1. The maximum Gasteiger partial charge on any atom is 0.411 e. The van der Waals surface area contributed by atoms with Crippen molar-refractivity contribution in [3.63, 3.8) is 0 Å². The van der Waals surface area contributed by atoms with E-state index in [0.717, 1.165) is 22.4 Å². The molecule has 7 N–H and O–H groups in total. The lowest BCUT2D eigenvalue weighted by molar-refractivity contribution is -0.141. The molecule has 4 aromatic rings. The van der Waals surface area contributed by atoms with Crippen LogP contribution in [0.4, 0.5) is 21.9 Å². The average Bonchev–Trinajstić information content (AvgIpc) is 3.49. The van der Waals surface area contributed by atoms with Crippen LogP contribution in [0.2, 0.25) is 0 Å². The number of amides is 7. The molecule has 0 aromatic heterocycles. The van der Waals surface area contributed by atoms with Gasteiger partial charge in [0.05, 0.1) is 24.3 Å². The Morgan fingerprint density at radius 2 is 1.34 bits per heavy atom. The van der Waals surface area contributed by atoms with E-state index in [9.17, 15) is 43.5 Å². The van der Waals surface area contributed by atoms with E-state index in [-0.39, 0.29) is 54.6 Å². The molecule has 5 atom stereocenters. The van der Waals surface area contributed by atoms with Crippen LogP contribution in [0.15, 0.2) is 109 Å². The van der Waals surface area contributed by atoms with E-state index in [1.165, 1.54) is 18.7 Å². The van der Waals surface area contributed by atoms with Gasteiger partial charge in [-0.3, -0.25) is 34.1 Å². The van der Waals surface area contributed by atoms with Gasteiger partial charge in [0.1, 0.15) is 24.7 Å². The van der Waals surface area contributed by atoms with Crippen LogP contribution < -0.4 is 36.8 Å². The van der Waals surface area contributed by atoms with E-state index in [4.69, 9.17) is 4.74 Å². The topological polar surface area (TPSA) is 245 Å². The number of ether oxygens (including phenoxy) is 1. The van der Waals surface area contributed by atoms with E-state index >= 15 is 0 Å². The first-order valence-electron chi connectivity index (χ1n) is 27.8. The fraction of sp³-hybridized carbons (Fsp3) is 0.438. The molecule has 0 radical (unpaired) electrons. The molecule has 4 aromatic carbocycles. The molecule has 0 bridgehead atoms. The number of carbonyl (C=O) groups is 8. The third kappa shape index (κ3) is 17.6. The van der Waals surface area contributed by atoms with E-state index in [0.29, 0.717) is 41.9 Å². The number of anilines is 3. The maximum atomic E-state index is 14.2. The second-order valence-corrected chi connectivity index (χ2v) is 23.2. The third-order valence-electron chi connectivity index (χ3n) is 14.6. The van der Waals surface area contributed by atoms with Gasteiger partial charge in [0.2, 0.25) is 35.4 Å². The van der Waals surface area contributed by atoms with Gasteiger partial charge in [-0.05, 0) is 110 Å². The number of aliphatic carboxylic acids is 1. The summed E-state index contributed by atoms with van der Waals surface area (Å²) in [5, 5.41) is 26.7. The first-order valence-corrected chi connectivity index (χ1v) is 27.8. The second-order valence-electron chi connectivity index (χ2n) is 23.2. The Bertz CT molecular complexity index is 3060. The maximum absolute atomic E-state index is 14.2. The highest BCUT2D eigenvalue weighted by Crippen LogP contribution is 2.32. The van der Waals surface area contributed by atoms with Gasteiger partial charge >= 0.3 is 12.1 Å². The Labute approximate surface area is 483 Å². The molecule has 0 fully saturated rings. The number of nitrogens with zero attached hydrogens (tertiary/aromatic N) is 2. The van der Waals surface area contributed by atoms with Gasteiger partial charge in [0.25, 0.3) is 0 Å². The quantitative estimate of drug-likeness (QED) is 0.0199. The van der Waals surface area contributed by atoms with Crippen molar-refractivity contribution in [3.05, 3.63) is 137 Å². The molecule has 5 rings (SSSR count). The van der Waals surface area contributed by atoms with Gasteiger partial charge in [0.15, 0.2) is 0 Å². The highest BCUT2D eigenvalue weighted by molar-refractivity contribution is 5.99. The van der Waals surface area contributed by atoms with Crippen LogP contribution in [0.5, 0.6) is 0 Å². The highest BCUT2D eigenvalue weighted by Gasteiger charge is 2.42. The second kappa shape index (κ2) is 28.9. The van der Waals surface area contributed by atoms with E-state index in [2.05, 4.69) is 43.7 Å². The lowest BCUT2D eigenvalue weighted by Gasteiger charge is -2.40. The molecule has 18 heteroatoms. The minimum atomic E-state index is -1.08. The van der Waals surface area contributed by atoms with Gasteiger partial charge in [-0.25, -0.2) is 9.59 Å². The molecule has 7 amide bonds. The average molecular weight is 1120 g/mol. The fourth-order valence-electron chi connectivity index (χ4n) is 9.58. The summed E-state index contributed by atoms with van der Waals surface area (Å²) >= 11 is 0. The summed E-state index contributed by atoms with van der Waals surface area (Å²) in [6, 6.07) is 24.7. The molecule has 18 nitrogen and oxygen atoms in total. The lowest BCUT2D eigenvalue weighted by atomic mass is 9.76. The Hall–Kier alpha value is -8.30. The number of carboxylic acid groups (broad SMARTS) is 1. The fourth-order valence-corrected chi connectivity index (χ4v) is 9.58. The molecule has 82 heavy (non-hydrogen) atoms. The minimum absolute atomic E-state index is 0.0772. The van der Waals surface area contributed by atoms with Gasteiger partial charge in [0, 0.05) is 53.4 Å². The number of unbranched alkanes of at least 4 members (excludes halogenated alkanes) is 1. The van der Waals surface area contributed by atoms with Crippen molar-refractivity contribution in [2.75, 3.05) is 29.6 Å². The van der Waals surface area contributed by atoms with Crippen LogP contribution in [0.3, 0.4) is 0 Å². The normalized spacial score (nSPS) is 14.1. The summed E-state index contributed by atoms with van der Waals surface area (Å²) in [4.78, 5) is 110. The molecule has 0 aliphatic carbocycles. The van der Waals surface area contributed by atoms with Crippen molar-refractivity contribution in [2.45, 2.75) is 151 Å². The van der Waals surface area contributed by atoms with Crippen LogP contribution in [0.1, 0.15) is 130 Å².